The fourth-order valence-electron chi connectivity index (χ4n) is 3.83. The first-order valence-electron chi connectivity index (χ1n) is 9.65. The van der Waals surface area contributed by atoms with Crippen molar-refractivity contribution < 1.29 is 19.5 Å². The Morgan fingerprint density at radius 2 is 1.82 bits per heavy atom. The van der Waals surface area contributed by atoms with Crippen LogP contribution in [0.1, 0.15) is 50.0 Å². The van der Waals surface area contributed by atoms with Gasteiger partial charge in [0.25, 0.3) is 0 Å². The van der Waals surface area contributed by atoms with Crippen molar-refractivity contribution in [3.63, 3.8) is 0 Å². The fraction of sp³-hybridized carbons (Fsp3) is 0.550. The Morgan fingerprint density at radius 1 is 1.14 bits per heavy atom. The number of carbonyl (C=O) groups is 3. The van der Waals surface area contributed by atoms with Crippen molar-refractivity contribution in [2.75, 3.05) is 25.0 Å². The molecule has 3 rings (SSSR count). The average molecular weight is 410 g/mol. The van der Waals surface area contributed by atoms with E-state index in [0.29, 0.717) is 25.2 Å². The highest BCUT2D eigenvalue weighted by molar-refractivity contribution is 6.01. The van der Waals surface area contributed by atoms with Gasteiger partial charge in [-0.3, -0.25) is 19.7 Å². The number of aliphatic carboxylic acids is 1. The second kappa shape index (κ2) is 10.4. The van der Waals surface area contributed by atoms with Crippen molar-refractivity contribution in [3.8, 4) is 0 Å². The number of imide groups is 1. The summed E-state index contributed by atoms with van der Waals surface area (Å²) in [5.41, 5.74) is 2.19. The van der Waals surface area contributed by atoms with Gasteiger partial charge in [-0.2, -0.15) is 0 Å². The van der Waals surface area contributed by atoms with Crippen LogP contribution < -0.4 is 10.6 Å². The molecule has 0 radical (unpaired) electrons. The van der Waals surface area contributed by atoms with E-state index in [9.17, 15) is 14.4 Å². The summed E-state index contributed by atoms with van der Waals surface area (Å²) in [4.78, 5) is 36.0. The number of amides is 2. The van der Waals surface area contributed by atoms with Crippen LogP contribution in [0.2, 0.25) is 0 Å². The van der Waals surface area contributed by atoms with Gasteiger partial charge in [0.1, 0.15) is 6.04 Å². The maximum atomic E-state index is 11.8. The summed E-state index contributed by atoms with van der Waals surface area (Å²) in [5, 5.41) is 14.3. The van der Waals surface area contributed by atoms with Crippen LogP contribution in [-0.4, -0.2) is 53.5 Å². The van der Waals surface area contributed by atoms with Gasteiger partial charge in [-0.25, -0.2) is 0 Å². The topological polar surface area (TPSA) is 98.7 Å². The van der Waals surface area contributed by atoms with Crippen molar-refractivity contribution >= 4 is 35.9 Å². The number of likely N-dealkylation sites (tertiary alicyclic amines) is 1. The van der Waals surface area contributed by atoms with Crippen LogP contribution in [-0.2, 0) is 14.4 Å². The third-order valence-electron chi connectivity index (χ3n) is 5.41. The van der Waals surface area contributed by atoms with Crippen molar-refractivity contribution in [1.29, 1.82) is 0 Å². The molecule has 2 saturated heterocycles. The van der Waals surface area contributed by atoms with Gasteiger partial charge in [-0.05, 0) is 68.9 Å². The lowest BCUT2D eigenvalue weighted by Gasteiger charge is -2.32. The van der Waals surface area contributed by atoms with E-state index in [0.717, 1.165) is 38.2 Å². The molecule has 28 heavy (non-hydrogen) atoms. The number of benzene rings is 1. The molecule has 2 heterocycles. The third kappa shape index (κ3) is 6.21. The third-order valence-corrected chi connectivity index (χ3v) is 5.41. The Morgan fingerprint density at radius 3 is 2.43 bits per heavy atom. The molecule has 0 spiro atoms. The average Bonchev–Trinajstić information content (AvgIpc) is 2.65. The maximum Gasteiger partial charge on any atom is 0.303 e. The maximum absolute atomic E-state index is 11.8. The molecule has 1 aromatic rings. The minimum absolute atomic E-state index is 0. The first kappa shape index (κ1) is 22.2. The minimum atomic E-state index is -0.726. The molecule has 2 aliphatic heterocycles. The zero-order valence-corrected chi connectivity index (χ0v) is 16.7. The number of carboxylic acid groups (broad SMARTS) is 1. The van der Waals surface area contributed by atoms with Crippen LogP contribution in [0.4, 0.5) is 5.69 Å². The summed E-state index contributed by atoms with van der Waals surface area (Å²) in [6.07, 6.45) is 3.99. The highest BCUT2D eigenvalue weighted by Crippen LogP contribution is 2.29. The largest absolute Gasteiger partial charge is 0.481 e. The predicted octanol–water partition coefficient (Wildman–Crippen LogP) is 2.37. The molecule has 7 nitrogen and oxygen atoms in total. The number of rotatable bonds is 7. The van der Waals surface area contributed by atoms with Crippen molar-refractivity contribution in [3.05, 3.63) is 29.8 Å². The second-order valence-electron chi connectivity index (χ2n) is 7.38. The van der Waals surface area contributed by atoms with Gasteiger partial charge in [0.2, 0.25) is 11.8 Å². The van der Waals surface area contributed by atoms with Crippen LogP contribution in [0.3, 0.4) is 0 Å². The van der Waals surface area contributed by atoms with E-state index in [-0.39, 0.29) is 36.7 Å². The predicted molar refractivity (Wildman–Crippen MR) is 109 cm³/mol. The van der Waals surface area contributed by atoms with Crippen LogP contribution in [0.25, 0.3) is 0 Å². The number of carboxylic acids is 1. The van der Waals surface area contributed by atoms with Gasteiger partial charge in [-0.15, -0.1) is 12.4 Å². The van der Waals surface area contributed by atoms with E-state index in [1.165, 1.54) is 5.56 Å². The number of hydrogen-bond acceptors (Lipinski definition) is 5. The van der Waals surface area contributed by atoms with Crippen LogP contribution in [0.5, 0.6) is 0 Å². The highest BCUT2D eigenvalue weighted by Gasteiger charge is 2.26. The molecule has 3 N–H and O–H groups in total. The van der Waals surface area contributed by atoms with Gasteiger partial charge in [0, 0.05) is 18.5 Å². The van der Waals surface area contributed by atoms with Gasteiger partial charge in [-0.1, -0.05) is 12.1 Å². The Kier molecular flexibility index (Phi) is 8.26. The number of carbonyl (C=O) groups excluding carboxylic acids is 2. The molecular formula is C20H28ClN3O4. The fourth-order valence-corrected chi connectivity index (χ4v) is 3.83. The Balaban J connectivity index is 0.00000280. The molecule has 0 aliphatic carbocycles. The van der Waals surface area contributed by atoms with Gasteiger partial charge in [0.15, 0.2) is 0 Å². The monoisotopic (exact) mass is 409 g/mol. The van der Waals surface area contributed by atoms with E-state index in [1.54, 1.807) is 0 Å². The lowest BCUT2D eigenvalue weighted by molar-refractivity contribution is -0.137. The summed E-state index contributed by atoms with van der Waals surface area (Å²) in [7, 11) is 0. The zero-order valence-electron chi connectivity index (χ0n) is 15.9. The molecule has 1 unspecified atom stereocenters. The van der Waals surface area contributed by atoms with Crippen LogP contribution in [0.15, 0.2) is 24.3 Å². The summed E-state index contributed by atoms with van der Waals surface area (Å²) in [6.45, 7) is 2.86. The quantitative estimate of drug-likeness (QED) is 0.598. The van der Waals surface area contributed by atoms with Crippen molar-refractivity contribution in [1.82, 2.24) is 10.2 Å². The molecule has 8 heteroatoms. The van der Waals surface area contributed by atoms with E-state index in [4.69, 9.17) is 5.11 Å². The first-order valence-corrected chi connectivity index (χ1v) is 9.65. The molecule has 154 valence electrons. The molecule has 0 aromatic heterocycles. The number of halogens is 1. The lowest BCUT2D eigenvalue weighted by Crippen LogP contribution is -2.47. The van der Waals surface area contributed by atoms with Crippen LogP contribution in [0, 0.1) is 0 Å². The summed E-state index contributed by atoms with van der Waals surface area (Å²) < 4.78 is 0. The minimum Gasteiger partial charge on any atom is -0.481 e. The molecule has 1 atom stereocenters. The molecule has 2 amide bonds. The van der Waals surface area contributed by atoms with Crippen molar-refractivity contribution in [2.24, 2.45) is 0 Å². The zero-order chi connectivity index (χ0) is 19.2. The molecular weight excluding hydrogens is 382 g/mol. The van der Waals surface area contributed by atoms with Gasteiger partial charge < -0.3 is 15.3 Å². The smallest absolute Gasteiger partial charge is 0.303 e. The number of piperidine rings is 2. The number of hydrogen-bond donors (Lipinski definition) is 3. The van der Waals surface area contributed by atoms with E-state index in [1.807, 2.05) is 12.1 Å². The summed E-state index contributed by atoms with van der Waals surface area (Å²) in [5.74, 6) is -0.672. The number of anilines is 1. The first-order chi connectivity index (χ1) is 13.0. The number of nitrogens with one attached hydrogen (secondary N) is 2. The normalized spacial score (nSPS) is 20.9. The number of nitrogens with zero attached hydrogens (tertiary/aromatic N) is 1. The van der Waals surface area contributed by atoms with E-state index < -0.39 is 5.97 Å². The second-order valence-corrected chi connectivity index (χ2v) is 7.38. The van der Waals surface area contributed by atoms with E-state index >= 15 is 0 Å². The standard InChI is InChI=1S/C20H27N3O4.ClH/c24-18-8-7-17(20(27)22-18)21-16-5-3-14(4-6-16)15-9-12-23(13-10-15)11-1-2-19(25)26;/h3-6,15,17,21H,1-2,7-13H2,(H,25,26)(H,22,24,27);1H. The summed E-state index contributed by atoms with van der Waals surface area (Å²) >= 11 is 0. The van der Waals surface area contributed by atoms with Crippen LogP contribution >= 0.6 is 12.4 Å². The Labute approximate surface area is 171 Å². The molecule has 1 aromatic carbocycles. The molecule has 0 saturated carbocycles. The summed E-state index contributed by atoms with van der Waals surface area (Å²) in [6, 6.07) is 7.86. The lowest BCUT2D eigenvalue weighted by atomic mass is 9.89. The Bertz CT molecular complexity index is 687. The SMILES string of the molecule is Cl.O=C(O)CCCN1CCC(c2ccc(NC3CCC(=O)NC3=O)cc2)CC1. The molecule has 0 bridgehead atoms. The molecule has 2 fully saturated rings. The van der Waals surface area contributed by atoms with Crippen molar-refractivity contribution in [2.45, 2.75) is 50.5 Å². The van der Waals surface area contributed by atoms with Gasteiger partial charge in [0.05, 0.1) is 0 Å². The van der Waals surface area contributed by atoms with Gasteiger partial charge >= 0.3 is 5.97 Å². The Hall–Kier alpha value is -2.12. The molecule has 2 aliphatic rings. The highest BCUT2D eigenvalue weighted by atomic mass is 35.5. The van der Waals surface area contributed by atoms with E-state index in [2.05, 4.69) is 27.7 Å².